The molecule has 0 aromatic carbocycles. The summed E-state index contributed by atoms with van der Waals surface area (Å²) in [6, 6.07) is 0. The van der Waals surface area contributed by atoms with Gasteiger partial charge in [-0.3, -0.25) is 25.6 Å². The topological polar surface area (TPSA) is 171 Å². The zero-order chi connectivity index (χ0) is 18.4. The average Bonchev–Trinajstić information content (AvgIpc) is 3.08. The van der Waals surface area contributed by atoms with Gasteiger partial charge in [-0.05, 0) is 12.8 Å². The standard InChI is InChI=1S/C12H22N2O11/c15-8-5-21-12-9(6-22-11(8)12)24-10(16)3-1-2-7(25-14(19)20)4-23-13(17)18/h7-9,11-12,15,17-20H,1-6H2/t7?,8-,9-,11?,12-/m1/s1. The zero-order valence-electron chi connectivity index (χ0n) is 13.2. The highest BCUT2D eigenvalue weighted by Gasteiger charge is 2.48. The lowest BCUT2D eigenvalue weighted by Gasteiger charge is -2.19. The van der Waals surface area contributed by atoms with E-state index in [1.807, 2.05) is 0 Å². The predicted molar refractivity (Wildman–Crippen MR) is 70.9 cm³/mol. The van der Waals surface area contributed by atoms with Crippen LogP contribution in [-0.4, -0.2) is 93.0 Å². The zero-order valence-corrected chi connectivity index (χ0v) is 13.2. The molecular formula is C12H22N2O11. The van der Waals surface area contributed by atoms with Crippen LogP contribution in [0.3, 0.4) is 0 Å². The number of rotatable bonds is 10. The second-order valence-corrected chi connectivity index (χ2v) is 5.61. The first-order valence-corrected chi connectivity index (χ1v) is 7.63. The molecule has 2 aliphatic rings. The largest absolute Gasteiger partial charge is 0.457 e. The van der Waals surface area contributed by atoms with Crippen LogP contribution in [-0.2, 0) is 28.7 Å². The van der Waals surface area contributed by atoms with Crippen molar-refractivity contribution >= 4 is 5.97 Å². The summed E-state index contributed by atoms with van der Waals surface area (Å²) in [5, 5.41) is 42.7. The number of hydrogen-bond donors (Lipinski definition) is 5. The summed E-state index contributed by atoms with van der Waals surface area (Å²) in [5.74, 6) is -0.519. The molecule has 0 saturated carbocycles. The number of aliphatic hydroxyl groups is 1. The van der Waals surface area contributed by atoms with Gasteiger partial charge in [-0.1, -0.05) is 0 Å². The van der Waals surface area contributed by atoms with Gasteiger partial charge in [-0.15, -0.1) is 0 Å². The molecule has 13 nitrogen and oxygen atoms in total. The Kier molecular flexibility index (Phi) is 7.85. The third kappa shape index (κ3) is 6.36. The third-order valence-electron chi connectivity index (χ3n) is 3.79. The molecule has 0 bridgehead atoms. The molecular weight excluding hydrogens is 348 g/mol. The lowest BCUT2D eigenvalue weighted by atomic mass is 10.1. The molecule has 2 rings (SSSR count). The average molecular weight is 370 g/mol. The summed E-state index contributed by atoms with van der Waals surface area (Å²) >= 11 is 0. The highest BCUT2D eigenvalue weighted by atomic mass is 17.1. The van der Waals surface area contributed by atoms with Gasteiger partial charge in [0.05, 0.1) is 24.0 Å². The highest BCUT2D eigenvalue weighted by molar-refractivity contribution is 5.69. The van der Waals surface area contributed by atoms with Gasteiger partial charge >= 0.3 is 5.97 Å². The molecule has 5 N–H and O–H groups in total. The Balaban J connectivity index is 1.68. The van der Waals surface area contributed by atoms with E-state index < -0.39 is 53.9 Å². The van der Waals surface area contributed by atoms with E-state index in [-0.39, 0.29) is 32.5 Å². The molecule has 0 aliphatic carbocycles. The second kappa shape index (κ2) is 9.65. The first-order chi connectivity index (χ1) is 11.9. The Morgan fingerprint density at radius 2 is 1.84 bits per heavy atom. The lowest BCUT2D eigenvalue weighted by molar-refractivity contribution is -0.527. The van der Waals surface area contributed by atoms with Gasteiger partial charge in [0.1, 0.15) is 31.0 Å². The van der Waals surface area contributed by atoms with Crippen LogP contribution in [0.4, 0.5) is 0 Å². The first kappa shape index (κ1) is 20.3. The molecule has 2 aliphatic heterocycles. The lowest BCUT2D eigenvalue weighted by Crippen LogP contribution is -2.34. The summed E-state index contributed by atoms with van der Waals surface area (Å²) in [6.45, 7) is -0.135. The van der Waals surface area contributed by atoms with Crippen LogP contribution in [0.1, 0.15) is 19.3 Å². The summed E-state index contributed by atoms with van der Waals surface area (Å²) in [6.07, 6.45) is -2.90. The molecule has 5 atom stereocenters. The highest BCUT2D eigenvalue weighted by Crippen LogP contribution is 2.29. The van der Waals surface area contributed by atoms with E-state index in [2.05, 4.69) is 9.68 Å². The van der Waals surface area contributed by atoms with Crippen LogP contribution >= 0.6 is 0 Å². The molecule has 2 fully saturated rings. The van der Waals surface area contributed by atoms with Crippen molar-refractivity contribution in [2.45, 2.75) is 49.8 Å². The molecule has 13 heteroatoms. The Hall–Kier alpha value is -0.970. The summed E-state index contributed by atoms with van der Waals surface area (Å²) in [7, 11) is 0. The van der Waals surface area contributed by atoms with Gasteiger partial charge < -0.3 is 19.3 Å². The monoisotopic (exact) mass is 370 g/mol. The third-order valence-corrected chi connectivity index (χ3v) is 3.79. The van der Waals surface area contributed by atoms with Gasteiger partial charge in [-0.25, -0.2) is 9.68 Å². The van der Waals surface area contributed by atoms with E-state index in [0.29, 0.717) is 0 Å². The van der Waals surface area contributed by atoms with Crippen molar-refractivity contribution in [3.63, 3.8) is 0 Å². The number of fused-ring (bicyclic) bond motifs is 1. The number of nitrogens with zero attached hydrogens (tertiary/aromatic N) is 2. The summed E-state index contributed by atoms with van der Waals surface area (Å²) < 4.78 is 15.9. The molecule has 0 radical (unpaired) electrons. The van der Waals surface area contributed by atoms with Crippen LogP contribution in [0.25, 0.3) is 0 Å². The molecule has 2 unspecified atom stereocenters. The second-order valence-electron chi connectivity index (χ2n) is 5.61. The van der Waals surface area contributed by atoms with Crippen molar-refractivity contribution < 1.29 is 54.6 Å². The molecule has 2 heterocycles. The maximum absolute atomic E-state index is 11.9. The van der Waals surface area contributed by atoms with Crippen LogP contribution in [0.5, 0.6) is 0 Å². The van der Waals surface area contributed by atoms with Crippen LogP contribution < -0.4 is 0 Å². The van der Waals surface area contributed by atoms with Crippen molar-refractivity contribution in [2.24, 2.45) is 0 Å². The number of carbonyl (C=O) groups is 1. The van der Waals surface area contributed by atoms with Gasteiger partial charge in [-0.2, -0.15) is 0 Å². The Morgan fingerprint density at radius 1 is 1.12 bits per heavy atom. The minimum Gasteiger partial charge on any atom is -0.457 e. The summed E-state index contributed by atoms with van der Waals surface area (Å²) in [4.78, 5) is 20.7. The molecule has 0 aromatic rings. The maximum atomic E-state index is 11.9. The Morgan fingerprint density at radius 3 is 2.52 bits per heavy atom. The number of aliphatic hydroxyl groups excluding tert-OH is 1. The quantitative estimate of drug-likeness (QED) is 0.225. The minimum atomic E-state index is -0.961. The van der Waals surface area contributed by atoms with Gasteiger partial charge in [0.2, 0.25) is 0 Å². The number of hydrogen-bond acceptors (Lipinski definition) is 13. The van der Waals surface area contributed by atoms with Gasteiger partial charge in [0.15, 0.2) is 6.10 Å². The number of carbonyl (C=O) groups excluding carboxylic acids is 1. The molecule has 0 aromatic heterocycles. The minimum absolute atomic E-state index is 0.00484. The Bertz CT molecular complexity index is 424. The van der Waals surface area contributed by atoms with E-state index in [9.17, 15) is 9.90 Å². The maximum Gasteiger partial charge on any atom is 0.306 e. The fraction of sp³-hybridized carbons (Fsp3) is 0.917. The van der Waals surface area contributed by atoms with Crippen molar-refractivity contribution in [1.29, 1.82) is 0 Å². The number of esters is 1. The van der Waals surface area contributed by atoms with E-state index in [4.69, 9.17) is 35.0 Å². The number of ether oxygens (including phenoxy) is 3. The predicted octanol–water partition coefficient (Wildman–Crippen LogP) is -1.38. The van der Waals surface area contributed by atoms with Crippen molar-refractivity contribution in [1.82, 2.24) is 10.8 Å². The van der Waals surface area contributed by atoms with Crippen molar-refractivity contribution in [3.8, 4) is 0 Å². The normalized spacial score (nSPS) is 30.0. The molecule has 2 saturated heterocycles. The fourth-order valence-electron chi connectivity index (χ4n) is 2.70. The van der Waals surface area contributed by atoms with Crippen LogP contribution in [0, 0.1) is 0 Å². The van der Waals surface area contributed by atoms with Crippen molar-refractivity contribution in [3.05, 3.63) is 0 Å². The van der Waals surface area contributed by atoms with Crippen LogP contribution in [0.15, 0.2) is 0 Å². The van der Waals surface area contributed by atoms with E-state index in [1.165, 1.54) is 0 Å². The smallest absolute Gasteiger partial charge is 0.306 e. The van der Waals surface area contributed by atoms with Gasteiger partial charge in [0, 0.05) is 6.42 Å². The molecule has 0 amide bonds. The summed E-state index contributed by atoms with van der Waals surface area (Å²) in [5.41, 5.74) is 0. The SMILES string of the molecule is O=C(CCCC(CON(O)O)ON(O)O)O[C@@H]1COC2[C@H](O)CO[C@@H]21. The van der Waals surface area contributed by atoms with E-state index in [0.717, 1.165) is 0 Å². The molecule has 0 spiro atoms. The first-order valence-electron chi connectivity index (χ1n) is 7.63. The van der Waals surface area contributed by atoms with E-state index in [1.54, 1.807) is 0 Å². The fourth-order valence-corrected chi connectivity index (χ4v) is 2.70. The van der Waals surface area contributed by atoms with Crippen LogP contribution in [0.2, 0.25) is 0 Å². The molecule has 146 valence electrons. The van der Waals surface area contributed by atoms with Gasteiger partial charge in [0.25, 0.3) is 0 Å². The molecule has 25 heavy (non-hydrogen) atoms. The van der Waals surface area contributed by atoms with E-state index >= 15 is 0 Å². The van der Waals surface area contributed by atoms with Crippen molar-refractivity contribution in [2.75, 3.05) is 19.8 Å². The Labute approximate surface area is 142 Å².